The quantitative estimate of drug-likeness (QED) is 0.549. The van der Waals surface area contributed by atoms with Gasteiger partial charge in [0.2, 0.25) is 0 Å². The Labute approximate surface area is 145 Å². The van der Waals surface area contributed by atoms with Crippen LogP contribution in [0, 0.1) is 5.92 Å². The molecule has 1 aliphatic rings. The van der Waals surface area contributed by atoms with Crippen molar-refractivity contribution in [3.63, 3.8) is 0 Å². The van der Waals surface area contributed by atoms with Crippen LogP contribution >= 0.6 is 0 Å². The van der Waals surface area contributed by atoms with E-state index in [4.69, 9.17) is 9.47 Å². The van der Waals surface area contributed by atoms with Gasteiger partial charge in [0.05, 0.1) is 24.7 Å². The first kappa shape index (κ1) is 19.6. The number of likely N-dealkylation sites (tertiary alicyclic amines) is 1. The number of halogens is 3. The van der Waals surface area contributed by atoms with Gasteiger partial charge in [0.15, 0.2) is 0 Å². The highest BCUT2D eigenvalue weighted by molar-refractivity contribution is 5.72. The van der Waals surface area contributed by atoms with Crippen LogP contribution in [-0.2, 0) is 15.7 Å². The van der Waals surface area contributed by atoms with Gasteiger partial charge in [-0.15, -0.1) is 0 Å². The lowest BCUT2D eigenvalue weighted by Crippen LogP contribution is -2.40. The zero-order valence-electron chi connectivity index (χ0n) is 14.3. The first-order valence-corrected chi connectivity index (χ1v) is 8.59. The topological polar surface area (TPSA) is 38.8 Å². The Balaban J connectivity index is 1.73. The van der Waals surface area contributed by atoms with Crippen LogP contribution < -0.4 is 4.74 Å². The van der Waals surface area contributed by atoms with Crippen molar-refractivity contribution >= 4 is 5.97 Å². The van der Waals surface area contributed by atoms with Gasteiger partial charge in [-0.05, 0) is 50.9 Å². The third-order valence-electron chi connectivity index (χ3n) is 4.17. The van der Waals surface area contributed by atoms with Crippen LogP contribution in [0.5, 0.6) is 5.75 Å². The molecule has 1 aromatic carbocycles. The van der Waals surface area contributed by atoms with Crippen molar-refractivity contribution in [2.45, 2.75) is 32.4 Å². The molecule has 1 fully saturated rings. The number of nitrogens with zero attached hydrogens (tertiary/aromatic N) is 1. The zero-order valence-corrected chi connectivity index (χ0v) is 14.3. The van der Waals surface area contributed by atoms with Gasteiger partial charge in [-0.1, -0.05) is 6.07 Å². The molecule has 7 heteroatoms. The van der Waals surface area contributed by atoms with Gasteiger partial charge in [-0.3, -0.25) is 4.79 Å². The predicted octanol–water partition coefficient (Wildman–Crippen LogP) is 3.75. The van der Waals surface area contributed by atoms with Gasteiger partial charge in [0, 0.05) is 13.1 Å². The van der Waals surface area contributed by atoms with Crippen LogP contribution in [0.15, 0.2) is 24.3 Å². The van der Waals surface area contributed by atoms with E-state index in [1.807, 2.05) is 0 Å². The van der Waals surface area contributed by atoms with E-state index >= 15 is 0 Å². The molecule has 1 aliphatic heterocycles. The number of benzene rings is 1. The van der Waals surface area contributed by atoms with Crippen LogP contribution in [0.25, 0.3) is 0 Å². The lowest BCUT2D eigenvalue weighted by atomic mass is 9.98. The van der Waals surface area contributed by atoms with Crippen molar-refractivity contribution < 1.29 is 27.4 Å². The molecular formula is C18H24F3NO3. The predicted molar refractivity (Wildman–Crippen MR) is 87.4 cm³/mol. The molecule has 0 radical (unpaired) electrons. The molecule has 25 heavy (non-hydrogen) atoms. The SMILES string of the molecule is CCOC(=O)C1CCCN(CCCOc2cccc(C(F)(F)F)c2)C1. The van der Waals surface area contributed by atoms with Crippen LogP contribution in [0.3, 0.4) is 0 Å². The average Bonchev–Trinajstić information content (AvgIpc) is 2.59. The van der Waals surface area contributed by atoms with E-state index < -0.39 is 11.7 Å². The molecule has 0 saturated carbocycles. The van der Waals surface area contributed by atoms with Gasteiger partial charge in [-0.25, -0.2) is 0 Å². The maximum absolute atomic E-state index is 12.7. The molecule has 1 saturated heterocycles. The molecule has 0 aliphatic carbocycles. The number of esters is 1. The normalized spacial score (nSPS) is 18.8. The second-order valence-electron chi connectivity index (χ2n) is 6.12. The third kappa shape index (κ3) is 6.23. The molecule has 0 amide bonds. The van der Waals surface area contributed by atoms with Crippen LogP contribution in [0.4, 0.5) is 13.2 Å². The van der Waals surface area contributed by atoms with Gasteiger partial charge in [-0.2, -0.15) is 13.2 Å². The summed E-state index contributed by atoms with van der Waals surface area (Å²) in [6.45, 7) is 4.85. The Morgan fingerprint density at radius 1 is 1.36 bits per heavy atom. The standard InChI is InChI=1S/C18H24F3NO3/c1-2-24-17(23)14-6-4-9-22(13-14)10-5-11-25-16-8-3-7-15(12-16)18(19,20)21/h3,7-8,12,14H,2,4-6,9-11,13H2,1H3. The van der Waals surface area contributed by atoms with Crippen LogP contribution in [0.1, 0.15) is 31.7 Å². The summed E-state index contributed by atoms with van der Waals surface area (Å²) in [4.78, 5) is 14.0. The zero-order chi connectivity index (χ0) is 18.3. The van der Waals surface area contributed by atoms with Crippen molar-refractivity contribution in [1.29, 1.82) is 0 Å². The highest BCUT2D eigenvalue weighted by Crippen LogP contribution is 2.31. The van der Waals surface area contributed by atoms with E-state index in [0.717, 1.165) is 38.1 Å². The summed E-state index contributed by atoms with van der Waals surface area (Å²) in [5.41, 5.74) is -0.710. The molecular weight excluding hydrogens is 335 g/mol. The number of alkyl halides is 3. The lowest BCUT2D eigenvalue weighted by molar-refractivity contribution is -0.150. The summed E-state index contributed by atoms with van der Waals surface area (Å²) in [6.07, 6.45) is -1.89. The van der Waals surface area contributed by atoms with Crippen LogP contribution in [0.2, 0.25) is 0 Å². The van der Waals surface area contributed by atoms with Crippen molar-refractivity contribution in [2.75, 3.05) is 32.8 Å². The molecule has 2 rings (SSSR count). The fourth-order valence-electron chi connectivity index (χ4n) is 2.95. The number of carbonyl (C=O) groups is 1. The van der Waals surface area contributed by atoms with E-state index in [-0.39, 0.29) is 17.6 Å². The lowest BCUT2D eigenvalue weighted by Gasteiger charge is -2.31. The van der Waals surface area contributed by atoms with E-state index in [0.29, 0.717) is 26.2 Å². The first-order chi connectivity index (χ1) is 11.9. The minimum atomic E-state index is -4.37. The number of hydrogen-bond acceptors (Lipinski definition) is 4. The maximum Gasteiger partial charge on any atom is 0.416 e. The Hall–Kier alpha value is -1.76. The third-order valence-corrected chi connectivity index (χ3v) is 4.17. The molecule has 4 nitrogen and oxygen atoms in total. The summed E-state index contributed by atoms with van der Waals surface area (Å²) in [5, 5.41) is 0. The van der Waals surface area contributed by atoms with E-state index in [1.165, 1.54) is 12.1 Å². The minimum absolute atomic E-state index is 0.0851. The van der Waals surface area contributed by atoms with Crippen molar-refractivity contribution in [3.8, 4) is 5.75 Å². The Morgan fingerprint density at radius 2 is 2.16 bits per heavy atom. The molecule has 140 valence electrons. The maximum atomic E-state index is 12.7. The molecule has 0 N–H and O–H groups in total. The molecule has 0 bridgehead atoms. The van der Waals surface area contributed by atoms with Gasteiger partial charge >= 0.3 is 12.1 Å². The molecule has 1 atom stereocenters. The summed E-state index contributed by atoms with van der Waals surface area (Å²) in [6, 6.07) is 4.90. The summed E-state index contributed by atoms with van der Waals surface area (Å²) < 4.78 is 48.5. The number of hydrogen-bond donors (Lipinski definition) is 0. The Morgan fingerprint density at radius 3 is 2.88 bits per heavy atom. The fourth-order valence-corrected chi connectivity index (χ4v) is 2.95. The molecule has 1 unspecified atom stereocenters. The summed E-state index contributed by atoms with van der Waals surface area (Å²) in [5.74, 6) is -0.0108. The Kier molecular flexibility index (Phi) is 7.11. The van der Waals surface area contributed by atoms with Crippen molar-refractivity contribution in [2.24, 2.45) is 5.92 Å². The van der Waals surface area contributed by atoms with E-state index in [1.54, 1.807) is 6.92 Å². The number of carbonyl (C=O) groups excluding carboxylic acids is 1. The average molecular weight is 359 g/mol. The number of rotatable bonds is 7. The fraction of sp³-hybridized carbons (Fsp3) is 0.611. The second-order valence-corrected chi connectivity index (χ2v) is 6.12. The largest absolute Gasteiger partial charge is 0.494 e. The highest BCUT2D eigenvalue weighted by Gasteiger charge is 2.30. The second kappa shape index (κ2) is 9.08. The number of piperidine rings is 1. The van der Waals surface area contributed by atoms with Crippen LogP contribution in [-0.4, -0.2) is 43.7 Å². The summed E-state index contributed by atoms with van der Waals surface area (Å²) in [7, 11) is 0. The molecule has 0 aromatic heterocycles. The molecule has 1 aromatic rings. The van der Waals surface area contributed by atoms with E-state index in [2.05, 4.69) is 4.90 Å². The molecule has 1 heterocycles. The smallest absolute Gasteiger partial charge is 0.416 e. The highest BCUT2D eigenvalue weighted by atomic mass is 19.4. The van der Waals surface area contributed by atoms with Gasteiger partial charge in [0.25, 0.3) is 0 Å². The van der Waals surface area contributed by atoms with Gasteiger partial charge < -0.3 is 14.4 Å². The van der Waals surface area contributed by atoms with Crippen molar-refractivity contribution in [1.82, 2.24) is 4.90 Å². The number of ether oxygens (including phenoxy) is 2. The molecule has 0 spiro atoms. The summed E-state index contributed by atoms with van der Waals surface area (Å²) >= 11 is 0. The minimum Gasteiger partial charge on any atom is -0.494 e. The Bertz CT molecular complexity index is 563. The van der Waals surface area contributed by atoms with Gasteiger partial charge in [0.1, 0.15) is 5.75 Å². The monoisotopic (exact) mass is 359 g/mol. The van der Waals surface area contributed by atoms with Crippen molar-refractivity contribution in [3.05, 3.63) is 29.8 Å². The first-order valence-electron chi connectivity index (χ1n) is 8.59. The van der Waals surface area contributed by atoms with E-state index in [9.17, 15) is 18.0 Å².